The Morgan fingerprint density at radius 1 is 1.00 bits per heavy atom. The lowest BCUT2D eigenvalue weighted by Gasteiger charge is -2.18. The number of H-pyrrole nitrogens is 1. The molecule has 166 valence electrons. The molecule has 0 bridgehead atoms. The molecule has 1 aliphatic heterocycles. The summed E-state index contributed by atoms with van der Waals surface area (Å²) in [5, 5.41) is 20.8. The summed E-state index contributed by atoms with van der Waals surface area (Å²) in [7, 11) is 0. The highest BCUT2D eigenvalue weighted by atomic mass is 16.6. The van der Waals surface area contributed by atoms with Gasteiger partial charge in [-0.25, -0.2) is 9.59 Å². The van der Waals surface area contributed by atoms with Gasteiger partial charge in [0.2, 0.25) is 0 Å². The molecule has 0 amide bonds. The van der Waals surface area contributed by atoms with E-state index in [-0.39, 0.29) is 13.0 Å². The number of carbonyl (C=O) groups is 1. The Balaban J connectivity index is 1.51. The lowest BCUT2D eigenvalue weighted by molar-refractivity contribution is -0.0599. The van der Waals surface area contributed by atoms with Gasteiger partial charge in [-0.3, -0.25) is 14.3 Å². The molecule has 0 unspecified atom stereocenters. The van der Waals surface area contributed by atoms with Gasteiger partial charge in [0.15, 0.2) is 6.23 Å². The van der Waals surface area contributed by atoms with Crippen LogP contribution >= 0.6 is 0 Å². The zero-order chi connectivity index (χ0) is 22.7. The Hall–Kier alpha value is -3.53. The molecule has 1 aromatic heterocycles. The highest BCUT2D eigenvalue weighted by Gasteiger charge is 2.44. The third-order valence-electron chi connectivity index (χ3n) is 5.28. The van der Waals surface area contributed by atoms with E-state index in [2.05, 4.69) is 4.98 Å². The van der Waals surface area contributed by atoms with Gasteiger partial charge in [-0.2, -0.15) is 0 Å². The van der Waals surface area contributed by atoms with E-state index in [0.29, 0.717) is 11.1 Å². The molecule has 4 rings (SSSR count). The SMILES string of the molecule is O=C(OC[C@H]1O[C@@H](n2cc(Cc3ccccc3)c(=O)[nH]c2=O)[C@H](O)[C@@H]1O)c1ccccc1. The quantitative estimate of drug-likeness (QED) is 0.481. The average Bonchev–Trinajstić information content (AvgIpc) is 3.09. The summed E-state index contributed by atoms with van der Waals surface area (Å²) in [6.45, 7) is -0.322. The van der Waals surface area contributed by atoms with Crippen molar-refractivity contribution >= 4 is 5.97 Å². The molecular weight excluding hydrogens is 416 g/mol. The molecule has 0 radical (unpaired) electrons. The monoisotopic (exact) mass is 438 g/mol. The van der Waals surface area contributed by atoms with Crippen LogP contribution < -0.4 is 11.2 Å². The Bertz CT molecular complexity index is 1190. The molecule has 32 heavy (non-hydrogen) atoms. The summed E-state index contributed by atoms with van der Waals surface area (Å²) in [6.07, 6.45) is -3.61. The first-order chi connectivity index (χ1) is 15.4. The molecule has 3 N–H and O–H groups in total. The van der Waals surface area contributed by atoms with Crippen molar-refractivity contribution in [2.75, 3.05) is 6.61 Å². The first-order valence-electron chi connectivity index (χ1n) is 10.1. The van der Waals surface area contributed by atoms with E-state index < -0.39 is 41.8 Å². The van der Waals surface area contributed by atoms with Crippen molar-refractivity contribution in [2.24, 2.45) is 0 Å². The Morgan fingerprint density at radius 3 is 2.34 bits per heavy atom. The first kappa shape index (κ1) is 21.7. The van der Waals surface area contributed by atoms with Crippen molar-refractivity contribution in [3.05, 3.63) is 104 Å². The molecule has 1 fully saturated rings. The van der Waals surface area contributed by atoms with Crippen molar-refractivity contribution in [1.29, 1.82) is 0 Å². The summed E-state index contributed by atoms with van der Waals surface area (Å²) >= 11 is 0. The number of ether oxygens (including phenoxy) is 2. The lowest BCUT2D eigenvalue weighted by Crippen LogP contribution is -2.39. The lowest BCUT2D eigenvalue weighted by atomic mass is 10.1. The molecule has 3 aromatic rings. The highest BCUT2D eigenvalue weighted by molar-refractivity contribution is 5.89. The van der Waals surface area contributed by atoms with E-state index in [1.807, 2.05) is 30.3 Å². The Labute approximate surface area is 182 Å². The third-order valence-corrected chi connectivity index (χ3v) is 5.28. The van der Waals surface area contributed by atoms with Crippen LogP contribution in [0, 0.1) is 0 Å². The van der Waals surface area contributed by atoms with Gasteiger partial charge in [0.05, 0.1) is 5.56 Å². The molecule has 9 heteroatoms. The second-order valence-electron chi connectivity index (χ2n) is 7.49. The summed E-state index contributed by atoms with van der Waals surface area (Å²) in [6, 6.07) is 17.5. The molecule has 0 spiro atoms. The normalized spacial score (nSPS) is 22.6. The number of benzene rings is 2. The second-order valence-corrected chi connectivity index (χ2v) is 7.49. The van der Waals surface area contributed by atoms with Crippen molar-refractivity contribution in [3.8, 4) is 0 Å². The van der Waals surface area contributed by atoms with Crippen LogP contribution in [0.15, 0.2) is 76.4 Å². The number of aliphatic hydroxyl groups excluding tert-OH is 2. The second kappa shape index (κ2) is 9.31. The minimum Gasteiger partial charge on any atom is -0.459 e. The predicted octanol–water partition coefficient (Wildman–Crippen LogP) is 0.604. The van der Waals surface area contributed by atoms with Gasteiger partial charge in [-0.15, -0.1) is 0 Å². The van der Waals surface area contributed by atoms with E-state index in [4.69, 9.17) is 9.47 Å². The van der Waals surface area contributed by atoms with E-state index >= 15 is 0 Å². The van der Waals surface area contributed by atoms with E-state index in [9.17, 15) is 24.6 Å². The van der Waals surface area contributed by atoms with E-state index in [1.54, 1.807) is 30.3 Å². The predicted molar refractivity (Wildman–Crippen MR) is 113 cm³/mol. The van der Waals surface area contributed by atoms with Gasteiger partial charge in [-0.1, -0.05) is 48.5 Å². The number of esters is 1. The summed E-state index contributed by atoms with van der Waals surface area (Å²) in [5.74, 6) is -0.606. The largest absolute Gasteiger partial charge is 0.459 e. The van der Waals surface area contributed by atoms with Gasteiger partial charge in [0.25, 0.3) is 5.56 Å². The standard InChI is InChI=1S/C23H22N2O7/c26-18-17(13-31-22(29)15-9-5-2-6-10-15)32-21(19(18)27)25-12-16(20(28)24-23(25)30)11-14-7-3-1-4-8-14/h1-10,12,17-19,21,26-27H,11,13H2,(H,24,28,30)/t17-,18-,19-,21-/m1/s1. The zero-order valence-corrected chi connectivity index (χ0v) is 17.0. The van der Waals surface area contributed by atoms with Crippen LogP contribution in [0.25, 0.3) is 0 Å². The fourth-order valence-electron chi connectivity index (χ4n) is 3.57. The van der Waals surface area contributed by atoms with Gasteiger partial charge < -0.3 is 19.7 Å². The number of hydrogen-bond donors (Lipinski definition) is 3. The number of carbonyl (C=O) groups excluding carboxylic acids is 1. The van der Waals surface area contributed by atoms with Crippen LogP contribution in [-0.4, -0.2) is 50.7 Å². The highest BCUT2D eigenvalue weighted by Crippen LogP contribution is 2.28. The molecule has 9 nitrogen and oxygen atoms in total. The van der Waals surface area contributed by atoms with Crippen LogP contribution in [0.4, 0.5) is 0 Å². The zero-order valence-electron chi connectivity index (χ0n) is 17.0. The van der Waals surface area contributed by atoms with Gasteiger partial charge in [0, 0.05) is 18.2 Å². The van der Waals surface area contributed by atoms with Crippen molar-refractivity contribution in [3.63, 3.8) is 0 Å². The fourth-order valence-corrected chi connectivity index (χ4v) is 3.57. The molecule has 1 aliphatic rings. The van der Waals surface area contributed by atoms with E-state index in [1.165, 1.54) is 6.20 Å². The fraction of sp³-hybridized carbons (Fsp3) is 0.261. The maximum absolute atomic E-state index is 12.4. The maximum atomic E-state index is 12.4. The smallest absolute Gasteiger partial charge is 0.338 e. The minimum absolute atomic E-state index is 0.264. The van der Waals surface area contributed by atoms with Crippen LogP contribution in [0.1, 0.15) is 27.7 Å². The average molecular weight is 438 g/mol. The molecule has 4 atom stereocenters. The number of nitrogens with one attached hydrogen (secondary N) is 1. The molecule has 2 aromatic carbocycles. The van der Waals surface area contributed by atoms with E-state index in [0.717, 1.165) is 10.1 Å². The number of hydrogen-bond acceptors (Lipinski definition) is 7. The molecule has 0 saturated carbocycles. The van der Waals surface area contributed by atoms with Crippen LogP contribution in [0.5, 0.6) is 0 Å². The molecule has 0 aliphatic carbocycles. The summed E-state index contributed by atoms with van der Waals surface area (Å²) in [5.41, 5.74) is 0.155. The number of aromatic amines is 1. The topological polar surface area (TPSA) is 131 Å². The minimum atomic E-state index is -1.47. The number of aromatic nitrogens is 2. The number of nitrogens with zero attached hydrogens (tertiary/aromatic N) is 1. The van der Waals surface area contributed by atoms with Crippen LogP contribution in [0.3, 0.4) is 0 Å². The van der Waals surface area contributed by atoms with Crippen molar-refractivity contribution in [1.82, 2.24) is 9.55 Å². The van der Waals surface area contributed by atoms with Crippen LogP contribution in [0.2, 0.25) is 0 Å². The summed E-state index contributed by atoms with van der Waals surface area (Å²) < 4.78 is 11.9. The van der Waals surface area contributed by atoms with Gasteiger partial charge in [0.1, 0.15) is 24.9 Å². The summed E-state index contributed by atoms with van der Waals surface area (Å²) in [4.78, 5) is 39.0. The third kappa shape index (κ3) is 4.54. The molecular formula is C23H22N2O7. The maximum Gasteiger partial charge on any atom is 0.338 e. The Morgan fingerprint density at radius 2 is 1.66 bits per heavy atom. The van der Waals surface area contributed by atoms with Crippen molar-refractivity contribution < 1.29 is 24.5 Å². The first-order valence-corrected chi connectivity index (χ1v) is 10.1. The molecule has 1 saturated heterocycles. The van der Waals surface area contributed by atoms with Crippen molar-refractivity contribution in [2.45, 2.75) is 31.0 Å². The van der Waals surface area contributed by atoms with Crippen LogP contribution in [-0.2, 0) is 15.9 Å². The van der Waals surface area contributed by atoms with Gasteiger partial charge >= 0.3 is 11.7 Å². The number of aliphatic hydroxyl groups is 2. The Kier molecular flexibility index (Phi) is 6.31. The van der Waals surface area contributed by atoms with Gasteiger partial charge in [-0.05, 0) is 17.7 Å². The molecule has 2 heterocycles. The number of rotatable bonds is 6.